The van der Waals surface area contributed by atoms with Crippen LogP contribution in [0, 0.1) is 0 Å². The van der Waals surface area contributed by atoms with Crippen molar-refractivity contribution >= 4 is 39.3 Å². The molecule has 4 rings (SSSR count). The maximum Gasteiger partial charge on any atom is 0.337 e. The van der Waals surface area contributed by atoms with Gasteiger partial charge < -0.3 is 10.1 Å². The number of allylic oxidation sites excluding steroid dienone is 3. The van der Waals surface area contributed by atoms with E-state index in [1.165, 1.54) is 0 Å². The number of dihydropyridines is 1. The highest BCUT2D eigenvalue weighted by Gasteiger charge is 2.41. The lowest BCUT2D eigenvalue weighted by atomic mass is 9.72. The van der Waals surface area contributed by atoms with Gasteiger partial charge >= 0.3 is 5.97 Å². The number of halogens is 2. The van der Waals surface area contributed by atoms with Crippen molar-refractivity contribution in [2.75, 3.05) is 0 Å². The summed E-state index contributed by atoms with van der Waals surface area (Å²) in [6, 6.07) is 15.5. The van der Waals surface area contributed by atoms with Gasteiger partial charge in [-0.25, -0.2) is 4.79 Å². The zero-order valence-corrected chi connectivity index (χ0v) is 20.6. The third-order valence-electron chi connectivity index (χ3n) is 5.91. The number of Topliss-reactive ketones (excluding diaryl/α,β-unsaturated/α-hetero) is 1. The van der Waals surface area contributed by atoms with Crippen LogP contribution in [0.15, 0.2) is 75.5 Å². The van der Waals surface area contributed by atoms with Crippen molar-refractivity contribution in [1.82, 2.24) is 5.32 Å². The lowest BCUT2D eigenvalue weighted by Gasteiger charge is -2.37. The fourth-order valence-electron chi connectivity index (χ4n) is 4.58. The summed E-state index contributed by atoms with van der Waals surface area (Å²) in [5.41, 5.74) is 4.74. The van der Waals surface area contributed by atoms with Gasteiger partial charge in [-0.3, -0.25) is 4.79 Å². The molecular formula is C26H25BrClNO3. The van der Waals surface area contributed by atoms with E-state index in [0.29, 0.717) is 29.0 Å². The Kier molecular flexibility index (Phi) is 6.59. The van der Waals surface area contributed by atoms with E-state index in [0.717, 1.165) is 27.0 Å². The Labute approximate surface area is 201 Å². The van der Waals surface area contributed by atoms with Crippen LogP contribution >= 0.6 is 27.5 Å². The first kappa shape index (κ1) is 22.8. The fourth-order valence-corrected chi connectivity index (χ4v) is 5.12. The molecule has 0 saturated carbocycles. The van der Waals surface area contributed by atoms with Crippen molar-refractivity contribution in [3.05, 3.63) is 91.7 Å². The molecule has 0 spiro atoms. The number of rotatable bonds is 4. The van der Waals surface area contributed by atoms with Gasteiger partial charge in [0.1, 0.15) is 0 Å². The molecule has 1 aliphatic heterocycles. The molecule has 0 unspecified atom stereocenters. The van der Waals surface area contributed by atoms with E-state index in [-0.39, 0.29) is 17.8 Å². The monoisotopic (exact) mass is 513 g/mol. The van der Waals surface area contributed by atoms with Crippen LogP contribution in [0.25, 0.3) is 0 Å². The van der Waals surface area contributed by atoms with Crippen molar-refractivity contribution in [3.63, 3.8) is 0 Å². The Morgan fingerprint density at radius 2 is 1.84 bits per heavy atom. The Hall–Kier alpha value is -2.37. The predicted molar refractivity (Wildman–Crippen MR) is 129 cm³/mol. The molecule has 0 saturated heterocycles. The molecular weight excluding hydrogens is 490 g/mol. The lowest BCUT2D eigenvalue weighted by molar-refractivity contribution is -0.143. The second-order valence-electron chi connectivity index (χ2n) is 8.58. The zero-order chi connectivity index (χ0) is 23.0. The highest BCUT2D eigenvalue weighted by atomic mass is 79.9. The summed E-state index contributed by atoms with van der Waals surface area (Å²) in [5, 5.41) is 4.05. The van der Waals surface area contributed by atoms with E-state index in [4.69, 9.17) is 16.3 Å². The summed E-state index contributed by atoms with van der Waals surface area (Å²) >= 11 is 9.58. The number of esters is 1. The van der Waals surface area contributed by atoms with Crippen LogP contribution in [0.1, 0.15) is 56.6 Å². The molecule has 0 radical (unpaired) electrons. The lowest BCUT2D eigenvalue weighted by Crippen LogP contribution is -2.36. The maximum absolute atomic E-state index is 13.5. The van der Waals surface area contributed by atoms with Gasteiger partial charge in [-0.2, -0.15) is 0 Å². The van der Waals surface area contributed by atoms with E-state index >= 15 is 0 Å². The molecule has 1 heterocycles. The van der Waals surface area contributed by atoms with Crippen LogP contribution < -0.4 is 5.32 Å². The Morgan fingerprint density at radius 3 is 2.50 bits per heavy atom. The van der Waals surface area contributed by atoms with Crippen LogP contribution in [0.2, 0.25) is 5.02 Å². The number of hydrogen-bond donors (Lipinski definition) is 1. The summed E-state index contributed by atoms with van der Waals surface area (Å²) in [6.07, 6.45) is 0.826. The van der Waals surface area contributed by atoms with Crippen molar-refractivity contribution in [2.45, 2.75) is 51.6 Å². The van der Waals surface area contributed by atoms with Crippen LogP contribution in [0.3, 0.4) is 0 Å². The average Bonchev–Trinajstić information content (AvgIpc) is 2.72. The summed E-state index contributed by atoms with van der Waals surface area (Å²) in [4.78, 5) is 26.6. The number of ether oxygens (including phenoxy) is 1. The number of nitrogens with one attached hydrogen (secondary N) is 1. The van der Waals surface area contributed by atoms with Gasteiger partial charge in [0.05, 0.1) is 11.7 Å². The molecule has 32 heavy (non-hydrogen) atoms. The van der Waals surface area contributed by atoms with Gasteiger partial charge in [0.15, 0.2) is 5.78 Å². The number of ketones is 1. The minimum Gasteiger partial charge on any atom is -0.460 e. The molecule has 0 amide bonds. The summed E-state index contributed by atoms with van der Waals surface area (Å²) in [5.74, 6) is -0.750. The van der Waals surface area contributed by atoms with Gasteiger partial charge in [-0.15, -0.1) is 0 Å². The van der Waals surface area contributed by atoms with Crippen LogP contribution in [0.5, 0.6) is 0 Å². The second-order valence-corrected chi connectivity index (χ2v) is 9.93. The molecule has 6 heteroatoms. The van der Waals surface area contributed by atoms with Crippen molar-refractivity contribution in [1.29, 1.82) is 0 Å². The molecule has 1 N–H and O–H groups in total. The average molecular weight is 515 g/mol. The largest absolute Gasteiger partial charge is 0.460 e. The van der Waals surface area contributed by atoms with Crippen molar-refractivity contribution in [3.8, 4) is 0 Å². The first-order valence-corrected chi connectivity index (χ1v) is 11.9. The smallest absolute Gasteiger partial charge is 0.337 e. The molecule has 2 aromatic carbocycles. The number of hydrogen-bond acceptors (Lipinski definition) is 4. The second kappa shape index (κ2) is 9.24. The van der Waals surface area contributed by atoms with E-state index in [1.54, 1.807) is 0 Å². The van der Waals surface area contributed by atoms with Crippen LogP contribution in [0.4, 0.5) is 0 Å². The van der Waals surface area contributed by atoms with E-state index in [9.17, 15) is 9.59 Å². The SMILES string of the molecule is CC1=C(C(=O)OC(C)C)[C@H](c2cccc(Br)c2)C2=C(C[C@@H](c3ccc(Cl)cc3)CC2=O)N1. The first-order valence-electron chi connectivity index (χ1n) is 10.7. The van der Waals surface area contributed by atoms with Crippen molar-refractivity contribution < 1.29 is 14.3 Å². The molecule has 0 aromatic heterocycles. The fraction of sp³-hybridized carbons (Fsp3) is 0.308. The van der Waals surface area contributed by atoms with Crippen molar-refractivity contribution in [2.24, 2.45) is 0 Å². The van der Waals surface area contributed by atoms with E-state index in [2.05, 4.69) is 21.2 Å². The van der Waals surface area contributed by atoms with Gasteiger partial charge in [0, 0.05) is 38.8 Å². The van der Waals surface area contributed by atoms with Crippen LogP contribution in [-0.4, -0.2) is 17.9 Å². The predicted octanol–water partition coefficient (Wildman–Crippen LogP) is 6.42. The first-order chi connectivity index (χ1) is 15.2. The van der Waals surface area contributed by atoms with Gasteiger partial charge in [-0.05, 0) is 68.5 Å². The minimum absolute atomic E-state index is 0.0472. The minimum atomic E-state index is -0.464. The summed E-state index contributed by atoms with van der Waals surface area (Å²) in [6.45, 7) is 5.53. The van der Waals surface area contributed by atoms with Crippen LogP contribution in [-0.2, 0) is 14.3 Å². The summed E-state index contributed by atoms with van der Waals surface area (Å²) in [7, 11) is 0. The number of carbonyl (C=O) groups excluding carboxylic acids is 2. The molecule has 2 atom stereocenters. The molecule has 2 aromatic rings. The van der Waals surface area contributed by atoms with Gasteiger partial charge in [-0.1, -0.05) is 51.8 Å². The highest BCUT2D eigenvalue weighted by molar-refractivity contribution is 9.10. The standard InChI is InChI=1S/C26H25BrClNO3/c1-14(2)32-26(31)23-15(3)29-21-12-18(16-7-9-20(28)10-8-16)13-22(30)25(21)24(23)17-5-4-6-19(27)11-17/h4-11,14,18,24,29H,12-13H2,1-3H3/t18-,24+/m1/s1. The highest BCUT2D eigenvalue weighted by Crippen LogP contribution is 2.46. The molecule has 2 aliphatic rings. The normalized spacial score (nSPS) is 20.9. The number of benzene rings is 2. The molecule has 1 aliphatic carbocycles. The topological polar surface area (TPSA) is 55.4 Å². The quantitative estimate of drug-likeness (QED) is 0.479. The zero-order valence-electron chi connectivity index (χ0n) is 18.2. The van der Waals surface area contributed by atoms with E-state index in [1.807, 2.05) is 69.3 Å². The molecule has 0 bridgehead atoms. The Morgan fingerprint density at radius 1 is 1.12 bits per heavy atom. The third-order valence-corrected chi connectivity index (χ3v) is 6.66. The van der Waals surface area contributed by atoms with Gasteiger partial charge in [0.25, 0.3) is 0 Å². The Bertz CT molecular complexity index is 1130. The number of carbonyl (C=O) groups is 2. The molecule has 0 fully saturated rings. The van der Waals surface area contributed by atoms with E-state index < -0.39 is 11.9 Å². The third kappa shape index (κ3) is 4.55. The molecule has 166 valence electrons. The van der Waals surface area contributed by atoms with Gasteiger partial charge in [0.2, 0.25) is 0 Å². The Balaban J connectivity index is 1.79. The summed E-state index contributed by atoms with van der Waals surface area (Å²) < 4.78 is 6.46. The maximum atomic E-state index is 13.5. The molecule has 4 nitrogen and oxygen atoms in total.